The first kappa shape index (κ1) is 28.9. The van der Waals surface area contributed by atoms with Crippen molar-refractivity contribution < 1.29 is 0 Å². The van der Waals surface area contributed by atoms with Crippen LogP contribution in [0, 0.1) is 0 Å². The number of halogens is 1. The monoisotopic (exact) mass is 473 g/mol. The Morgan fingerprint density at radius 2 is 0.818 bits per heavy atom. The Labute approximate surface area is 207 Å². The Morgan fingerprint density at radius 3 is 1.09 bits per heavy atom. The van der Waals surface area contributed by atoms with E-state index in [9.17, 15) is 0 Å². The number of hydrogen-bond acceptors (Lipinski definition) is 5. The Morgan fingerprint density at radius 1 is 0.515 bits per heavy atom. The zero-order chi connectivity index (χ0) is 24.2. The minimum Gasteiger partial charge on any atom is -0.341 e. The van der Waals surface area contributed by atoms with Crippen LogP contribution in [0.5, 0.6) is 0 Å². The first-order valence-corrected chi connectivity index (χ1v) is 12.9. The molecule has 1 rings (SSSR count). The summed E-state index contributed by atoms with van der Waals surface area (Å²) in [6.07, 6.45) is 20.7. The molecule has 0 amide bonds. The number of hydrogen-bond donors (Lipinski definition) is 0. The molecular weight excluding hydrogens is 430 g/mol. The molecule has 0 aliphatic heterocycles. The maximum Gasteiger partial charge on any atom is 0.231 e. The molecule has 5 nitrogen and oxygen atoms in total. The summed E-state index contributed by atoms with van der Waals surface area (Å²) < 4.78 is 0. The van der Waals surface area contributed by atoms with Gasteiger partial charge in [0.05, 0.1) is 0 Å². The fourth-order valence-corrected chi connectivity index (χ4v) is 3.75. The summed E-state index contributed by atoms with van der Waals surface area (Å²) in [6, 6.07) is 0. The highest BCUT2D eigenvalue weighted by Gasteiger charge is 2.17. The summed E-state index contributed by atoms with van der Waals surface area (Å²) in [5.74, 6) is 1.37. The van der Waals surface area contributed by atoms with E-state index in [0.29, 0.717) is 11.9 Å². The second-order valence-electron chi connectivity index (χ2n) is 8.32. The molecule has 1 heterocycles. The number of anilines is 2. The van der Waals surface area contributed by atoms with Gasteiger partial charge >= 0.3 is 0 Å². The van der Waals surface area contributed by atoms with Gasteiger partial charge in [-0.05, 0) is 88.7 Å². The van der Waals surface area contributed by atoms with E-state index in [1.54, 1.807) is 0 Å². The van der Waals surface area contributed by atoms with Gasteiger partial charge in [0.1, 0.15) is 0 Å². The van der Waals surface area contributed by atoms with E-state index in [-0.39, 0.29) is 5.28 Å². The molecule has 1 aromatic rings. The minimum absolute atomic E-state index is 0.263. The highest BCUT2D eigenvalue weighted by Crippen LogP contribution is 2.20. The lowest BCUT2D eigenvalue weighted by Crippen LogP contribution is -2.31. The molecule has 0 fully saturated rings. The molecule has 0 aliphatic rings. The van der Waals surface area contributed by atoms with Crippen LogP contribution in [0.3, 0.4) is 0 Å². The zero-order valence-corrected chi connectivity index (χ0v) is 21.3. The Balaban J connectivity index is 3.00. The van der Waals surface area contributed by atoms with Crippen molar-refractivity contribution in [3.63, 3.8) is 0 Å². The van der Waals surface area contributed by atoms with Gasteiger partial charge < -0.3 is 9.80 Å². The van der Waals surface area contributed by atoms with Gasteiger partial charge in [-0.1, -0.05) is 24.3 Å². The fourth-order valence-electron chi connectivity index (χ4n) is 3.60. The van der Waals surface area contributed by atoms with Crippen molar-refractivity contribution in [2.24, 2.45) is 0 Å². The average Bonchev–Trinajstić information content (AvgIpc) is 2.81. The van der Waals surface area contributed by atoms with Crippen molar-refractivity contribution >= 4 is 23.5 Å². The highest BCUT2D eigenvalue weighted by molar-refractivity contribution is 6.28. The molecule has 0 atom stereocenters. The first-order chi connectivity index (χ1) is 16.2. The predicted octanol–water partition coefficient (Wildman–Crippen LogP) is 7.56. The Hall–Kier alpha value is -2.14. The van der Waals surface area contributed by atoms with Crippen LogP contribution in [0.25, 0.3) is 0 Å². The van der Waals surface area contributed by atoms with Crippen molar-refractivity contribution in [2.45, 2.75) is 77.0 Å². The van der Waals surface area contributed by atoms with Crippen LogP contribution in [0.15, 0.2) is 50.6 Å². The lowest BCUT2D eigenvalue weighted by Gasteiger charge is -2.26. The zero-order valence-electron chi connectivity index (χ0n) is 20.6. The van der Waals surface area contributed by atoms with Crippen LogP contribution in [0.4, 0.5) is 11.9 Å². The minimum atomic E-state index is 0.263. The molecule has 0 unspecified atom stereocenters. The molecule has 6 heteroatoms. The summed E-state index contributed by atoms with van der Waals surface area (Å²) in [5.41, 5.74) is 0. The molecule has 33 heavy (non-hydrogen) atoms. The molecule has 0 radical (unpaired) electrons. The van der Waals surface area contributed by atoms with E-state index in [1.807, 2.05) is 24.3 Å². The number of aromatic nitrogens is 3. The summed E-state index contributed by atoms with van der Waals surface area (Å²) >= 11 is 6.40. The summed E-state index contributed by atoms with van der Waals surface area (Å²) in [6.45, 7) is 18.9. The van der Waals surface area contributed by atoms with Crippen LogP contribution in [0.2, 0.25) is 5.28 Å². The number of allylic oxidation sites excluding steroid dienone is 4. The second kappa shape index (κ2) is 19.3. The van der Waals surface area contributed by atoms with Crippen LogP contribution >= 0.6 is 11.6 Å². The molecule has 184 valence electrons. The van der Waals surface area contributed by atoms with Crippen LogP contribution in [0.1, 0.15) is 77.0 Å². The van der Waals surface area contributed by atoms with Crippen LogP contribution < -0.4 is 9.80 Å². The van der Waals surface area contributed by atoms with Crippen molar-refractivity contribution in [1.82, 2.24) is 15.0 Å². The van der Waals surface area contributed by atoms with Gasteiger partial charge in [0.25, 0.3) is 0 Å². The average molecular weight is 474 g/mol. The lowest BCUT2D eigenvalue weighted by molar-refractivity contribution is 0.625. The van der Waals surface area contributed by atoms with Gasteiger partial charge in [0.2, 0.25) is 17.2 Å². The van der Waals surface area contributed by atoms with E-state index in [0.717, 1.165) is 103 Å². The SMILES string of the molecule is C=CCCCCN(CCCCC=C)c1nc(Cl)nc(N(CCCCC=C)CCCCC=C)n1. The normalized spacial score (nSPS) is 10.6. The van der Waals surface area contributed by atoms with E-state index >= 15 is 0 Å². The molecule has 1 aromatic heterocycles. The van der Waals surface area contributed by atoms with Crippen molar-refractivity contribution in [1.29, 1.82) is 0 Å². The molecule has 0 spiro atoms. The van der Waals surface area contributed by atoms with Gasteiger partial charge in [-0.3, -0.25) is 0 Å². The quantitative estimate of drug-likeness (QED) is 0.128. The van der Waals surface area contributed by atoms with Crippen molar-refractivity contribution in [3.8, 4) is 0 Å². The summed E-state index contributed by atoms with van der Waals surface area (Å²) in [5, 5.41) is 0.263. The maximum atomic E-state index is 6.40. The number of rotatable bonds is 22. The molecule has 0 N–H and O–H groups in total. The largest absolute Gasteiger partial charge is 0.341 e. The second-order valence-corrected chi connectivity index (χ2v) is 8.65. The predicted molar refractivity (Wildman–Crippen MR) is 145 cm³/mol. The van der Waals surface area contributed by atoms with Crippen molar-refractivity contribution in [2.75, 3.05) is 36.0 Å². The Kier molecular flexibility index (Phi) is 16.9. The van der Waals surface area contributed by atoms with E-state index in [1.165, 1.54) is 0 Å². The molecule has 0 saturated carbocycles. The van der Waals surface area contributed by atoms with Gasteiger partial charge in [0, 0.05) is 26.2 Å². The third kappa shape index (κ3) is 13.2. The third-order valence-electron chi connectivity index (χ3n) is 5.50. The van der Waals surface area contributed by atoms with E-state index in [4.69, 9.17) is 16.6 Å². The van der Waals surface area contributed by atoms with Crippen molar-refractivity contribution in [3.05, 3.63) is 55.9 Å². The maximum absolute atomic E-state index is 6.40. The van der Waals surface area contributed by atoms with Crippen LogP contribution in [-0.2, 0) is 0 Å². The standard InChI is InChI=1S/C27H44ClN5/c1-5-9-13-17-21-32(22-18-14-10-6-2)26-29-25(28)30-27(31-26)33(23-19-15-11-7-3)24-20-16-12-8-4/h5-8H,1-4,9-24H2. The smallest absolute Gasteiger partial charge is 0.231 e. The molecule has 0 aromatic carbocycles. The van der Waals surface area contributed by atoms with E-state index in [2.05, 4.69) is 46.1 Å². The van der Waals surface area contributed by atoms with Gasteiger partial charge in [-0.25, -0.2) is 0 Å². The third-order valence-corrected chi connectivity index (χ3v) is 5.66. The highest BCUT2D eigenvalue weighted by atomic mass is 35.5. The summed E-state index contributed by atoms with van der Waals surface area (Å²) in [7, 11) is 0. The van der Waals surface area contributed by atoms with Gasteiger partial charge in [-0.2, -0.15) is 15.0 Å². The molecular formula is C27H44ClN5. The first-order valence-electron chi connectivity index (χ1n) is 12.5. The fraction of sp³-hybridized carbons (Fsp3) is 0.593. The van der Waals surface area contributed by atoms with Gasteiger partial charge in [-0.15, -0.1) is 26.3 Å². The van der Waals surface area contributed by atoms with Crippen LogP contribution in [-0.4, -0.2) is 41.1 Å². The topological polar surface area (TPSA) is 45.2 Å². The summed E-state index contributed by atoms with van der Waals surface area (Å²) in [4.78, 5) is 18.4. The molecule has 0 bridgehead atoms. The number of unbranched alkanes of at least 4 members (excludes halogenated alkanes) is 8. The molecule has 0 aliphatic carbocycles. The molecule has 0 saturated heterocycles. The van der Waals surface area contributed by atoms with Gasteiger partial charge in [0.15, 0.2) is 0 Å². The Bertz CT molecular complexity index is 605. The lowest BCUT2D eigenvalue weighted by atomic mass is 10.2. The number of nitrogens with zero attached hydrogens (tertiary/aromatic N) is 5. The van der Waals surface area contributed by atoms with E-state index < -0.39 is 0 Å².